The van der Waals surface area contributed by atoms with Crippen molar-refractivity contribution in [3.05, 3.63) is 88.8 Å². The fourth-order valence-corrected chi connectivity index (χ4v) is 3.78. The Morgan fingerprint density at radius 2 is 1.58 bits per heavy atom. The molecule has 0 fully saturated rings. The molecule has 1 amide bonds. The number of nitrogens with one attached hydrogen (secondary N) is 2. The minimum atomic E-state index is -1.05. The van der Waals surface area contributed by atoms with Crippen molar-refractivity contribution in [3.63, 3.8) is 0 Å². The summed E-state index contributed by atoms with van der Waals surface area (Å²) in [6, 6.07) is 21.2. The minimum Gasteiger partial charge on any atom is -0.480 e. The van der Waals surface area contributed by atoms with Gasteiger partial charge in [0.25, 0.3) is 11.5 Å². The van der Waals surface area contributed by atoms with Crippen molar-refractivity contribution in [1.29, 1.82) is 0 Å². The molecule has 0 bridgehead atoms. The van der Waals surface area contributed by atoms with E-state index in [1.807, 2.05) is 12.1 Å². The predicted molar refractivity (Wildman–Crippen MR) is 123 cm³/mol. The summed E-state index contributed by atoms with van der Waals surface area (Å²) in [6.45, 7) is -0.345. The van der Waals surface area contributed by atoms with Crippen LogP contribution in [0.25, 0.3) is 32.9 Å². The number of fused-ring (bicyclic) bond motifs is 2. The summed E-state index contributed by atoms with van der Waals surface area (Å²) >= 11 is 0. The Morgan fingerprint density at radius 3 is 2.30 bits per heavy atom. The van der Waals surface area contributed by atoms with Gasteiger partial charge in [-0.25, -0.2) is 5.10 Å². The number of carbonyl (C=O) groups is 2. The van der Waals surface area contributed by atoms with Crippen molar-refractivity contribution in [1.82, 2.24) is 20.0 Å². The highest BCUT2D eigenvalue weighted by atomic mass is 16.4. The Labute approximate surface area is 186 Å². The number of carbonyl (C=O) groups excluding carboxylic acids is 1. The van der Waals surface area contributed by atoms with E-state index < -0.39 is 11.9 Å². The molecule has 0 unspecified atom stereocenters. The number of aliphatic carboxylic acids is 1. The average molecular weight is 439 g/mol. The molecule has 9 heteroatoms. The maximum Gasteiger partial charge on any atom is 0.325 e. The first-order valence-corrected chi connectivity index (χ1v) is 10.1. The first kappa shape index (κ1) is 20.1. The summed E-state index contributed by atoms with van der Waals surface area (Å²) in [6.07, 6.45) is 0. The van der Waals surface area contributed by atoms with E-state index in [0.717, 1.165) is 10.9 Å². The third-order valence-electron chi connectivity index (χ3n) is 5.27. The third-order valence-corrected chi connectivity index (χ3v) is 5.27. The van der Waals surface area contributed by atoms with Crippen LogP contribution in [-0.4, -0.2) is 37.0 Å². The molecule has 2 aromatic heterocycles. The number of hydrogen-bond donors (Lipinski definition) is 3. The number of amides is 1. The number of benzene rings is 3. The zero-order valence-electron chi connectivity index (χ0n) is 17.1. The number of anilines is 1. The molecule has 3 N–H and O–H groups in total. The van der Waals surface area contributed by atoms with Crippen LogP contribution in [0.4, 0.5) is 5.69 Å². The van der Waals surface area contributed by atoms with Gasteiger partial charge in [-0.2, -0.15) is 10.2 Å². The highest BCUT2D eigenvalue weighted by Gasteiger charge is 2.18. The number of H-pyrrole nitrogens is 1. The third kappa shape index (κ3) is 3.72. The normalized spacial score (nSPS) is 11.0. The monoisotopic (exact) mass is 439 g/mol. The van der Waals surface area contributed by atoms with Crippen molar-refractivity contribution in [2.75, 3.05) is 5.32 Å². The highest BCUT2D eigenvalue weighted by molar-refractivity contribution is 6.11. The van der Waals surface area contributed by atoms with Gasteiger partial charge in [-0.3, -0.25) is 19.1 Å². The van der Waals surface area contributed by atoms with E-state index in [9.17, 15) is 14.4 Å². The molecular formula is C24H17N5O4. The second-order valence-corrected chi connectivity index (χ2v) is 7.40. The highest BCUT2D eigenvalue weighted by Crippen LogP contribution is 2.26. The van der Waals surface area contributed by atoms with Crippen LogP contribution >= 0.6 is 0 Å². The van der Waals surface area contributed by atoms with Gasteiger partial charge in [-0.05, 0) is 24.3 Å². The minimum absolute atomic E-state index is 0.143. The average Bonchev–Trinajstić information content (AvgIpc) is 3.18. The van der Waals surface area contributed by atoms with Gasteiger partial charge >= 0.3 is 5.97 Å². The molecular weight excluding hydrogens is 422 g/mol. The van der Waals surface area contributed by atoms with Crippen molar-refractivity contribution < 1.29 is 14.7 Å². The van der Waals surface area contributed by atoms with Crippen LogP contribution in [-0.2, 0) is 11.3 Å². The van der Waals surface area contributed by atoms with Crippen LogP contribution in [0.15, 0.2) is 77.6 Å². The molecule has 0 aliphatic carbocycles. The number of rotatable bonds is 5. The van der Waals surface area contributed by atoms with Gasteiger partial charge in [0.1, 0.15) is 6.54 Å². The predicted octanol–water partition coefficient (Wildman–Crippen LogP) is 3.28. The molecule has 0 saturated heterocycles. The molecule has 162 valence electrons. The zero-order chi connectivity index (χ0) is 22.9. The summed E-state index contributed by atoms with van der Waals surface area (Å²) in [4.78, 5) is 36.1. The lowest BCUT2D eigenvalue weighted by Crippen LogP contribution is -2.15. The van der Waals surface area contributed by atoms with Gasteiger partial charge in [-0.1, -0.05) is 48.5 Å². The smallest absolute Gasteiger partial charge is 0.325 e. The number of carboxylic acid groups (broad SMARTS) is 1. The van der Waals surface area contributed by atoms with Gasteiger partial charge in [0.15, 0.2) is 5.69 Å². The number of carboxylic acids is 1. The van der Waals surface area contributed by atoms with Crippen molar-refractivity contribution >= 4 is 39.2 Å². The maximum atomic E-state index is 12.9. The Kier molecular flexibility index (Phi) is 4.91. The number of nitrogens with zero attached hydrogens (tertiary/aromatic N) is 3. The van der Waals surface area contributed by atoms with Gasteiger partial charge < -0.3 is 10.4 Å². The van der Waals surface area contributed by atoms with E-state index in [1.54, 1.807) is 60.7 Å². The number of aromatic amines is 1. The number of aromatic nitrogens is 4. The standard InChI is InChI=1S/C24H17N5O4/c30-20(31)13-29-19-8-4-3-7-18(19)22(28-29)24(33)25-15-11-9-14(10-12-15)21-16-5-1-2-6-17(16)23(32)27-26-21/h1-12H,13H2,(H,25,33)(H,27,32)(H,30,31). The van der Waals surface area contributed by atoms with Crippen LogP contribution < -0.4 is 10.9 Å². The lowest BCUT2D eigenvalue weighted by Gasteiger charge is -2.07. The summed E-state index contributed by atoms with van der Waals surface area (Å²) in [5, 5.41) is 24.7. The Morgan fingerprint density at radius 1 is 0.909 bits per heavy atom. The molecule has 0 spiro atoms. The summed E-state index contributed by atoms with van der Waals surface area (Å²) in [5.41, 5.74) is 2.39. The second kappa shape index (κ2) is 8.04. The first-order valence-electron chi connectivity index (χ1n) is 10.1. The van der Waals surface area contributed by atoms with Crippen molar-refractivity contribution in [3.8, 4) is 11.3 Å². The van der Waals surface area contributed by atoms with E-state index in [1.165, 1.54) is 4.68 Å². The van der Waals surface area contributed by atoms with Gasteiger partial charge in [0.05, 0.1) is 16.6 Å². The molecule has 5 aromatic rings. The lowest BCUT2D eigenvalue weighted by molar-refractivity contribution is -0.137. The van der Waals surface area contributed by atoms with Gasteiger partial charge in [-0.15, -0.1) is 0 Å². The van der Waals surface area contributed by atoms with Gasteiger partial charge in [0, 0.05) is 22.0 Å². The number of para-hydroxylation sites is 1. The molecule has 3 aromatic carbocycles. The van der Waals surface area contributed by atoms with Crippen LogP contribution in [0.5, 0.6) is 0 Å². The van der Waals surface area contributed by atoms with Crippen LogP contribution in [0.2, 0.25) is 0 Å². The molecule has 5 rings (SSSR count). The molecule has 2 heterocycles. The van der Waals surface area contributed by atoms with Gasteiger partial charge in [0.2, 0.25) is 0 Å². The van der Waals surface area contributed by atoms with E-state index >= 15 is 0 Å². The fourth-order valence-electron chi connectivity index (χ4n) is 3.78. The molecule has 0 aliphatic rings. The van der Waals surface area contributed by atoms with Crippen LogP contribution in [0.1, 0.15) is 10.5 Å². The molecule has 0 atom stereocenters. The SMILES string of the molecule is O=C(O)Cn1nc(C(=O)Nc2ccc(-c3n[nH]c(=O)c4ccccc34)cc2)c2ccccc21. The fraction of sp³-hybridized carbons (Fsp3) is 0.0417. The quantitative estimate of drug-likeness (QED) is 0.385. The van der Waals surface area contributed by atoms with E-state index in [2.05, 4.69) is 20.6 Å². The largest absolute Gasteiger partial charge is 0.480 e. The lowest BCUT2D eigenvalue weighted by atomic mass is 10.0. The van der Waals surface area contributed by atoms with E-state index in [4.69, 9.17) is 5.11 Å². The Balaban J connectivity index is 1.44. The summed E-state index contributed by atoms with van der Waals surface area (Å²) in [5.74, 6) is -1.50. The zero-order valence-corrected chi connectivity index (χ0v) is 17.1. The Hall–Kier alpha value is -4.79. The van der Waals surface area contributed by atoms with E-state index in [-0.39, 0.29) is 17.8 Å². The number of hydrogen-bond acceptors (Lipinski definition) is 5. The Bertz CT molecular complexity index is 1580. The van der Waals surface area contributed by atoms with Crippen molar-refractivity contribution in [2.45, 2.75) is 6.54 Å². The molecule has 0 radical (unpaired) electrons. The first-order chi connectivity index (χ1) is 16.0. The molecule has 9 nitrogen and oxygen atoms in total. The van der Waals surface area contributed by atoms with Crippen molar-refractivity contribution in [2.24, 2.45) is 0 Å². The molecule has 0 aliphatic heterocycles. The van der Waals surface area contributed by atoms with Crippen LogP contribution in [0.3, 0.4) is 0 Å². The summed E-state index contributed by atoms with van der Waals surface area (Å²) < 4.78 is 1.29. The molecule has 0 saturated carbocycles. The van der Waals surface area contributed by atoms with Crippen LogP contribution in [0, 0.1) is 0 Å². The second-order valence-electron chi connectivity index (χ2n) is 7.40. The summed E-state index contributed by atoms with van der Waals surface area (Å²) in [7, 11) is 0. The van der Waals surface area contributed by atoms with E-state index in [0.29, 0.717) is 27.7 Å². The topological polar surface area (TPSA) is 130 Å². The molecule has 33 heavy (non-hydrogen) atoms. The maximum absolute atomic E-state index is 12.9.